The molecule has 0 radical (unpaired) electrons. The van der Waals surface area contributed by atoms with Crippen LogP contribution in [0.3, 0.4) is 0 Å². The van der Waals surface area contributed by atoms with Crippen LogP contribution in [-0.4, -0.2) is 15.6 Å². The quantitative estimate of drug-likeness (QED) is 0.904. The van der Waals surface area contributed by atoms with Crippen molar-refractivity contribution < 1.29 is 9.90 Å². The van der Waals surface area contributed by atoms with Crippen molar-refractivity contribution in [3.8, 4) is 11.3 Å². The van der Waals surface area contributed by atoms with Gasteiger partial charge in [-0.2, -0.15) is 0 Å². The maximum absolute atomic E-state index is 11.3. The molecule has 0 amide bonds. The number of carboxylic acids is 1. The zero-order valence-electron chi connectivity index (χ0n) is 11.1. The topological polar surface area (TPSA) is 42.2 Å². The lowest BCUT2D eigenvalue weighted by Crippen LogP contribution is -2.11. The Bertz CT molecular complexity index is 629. The van der Waals surface area contributed by atoms with Gasteiger partial charge in [0.25, 0.3) is 0 Å². The molecule has 0 aliphatic heterocycles. The van der Waals surface area contributed by atoms with Crippen LogP contribution in [-0.2, 0) is 0 Å². The van der Waals surface area contributed by atoms with E-state index in [1.165, 1.54) is 0 Å². The second-order valence-electron chi connectivity index (χ2n) is 4.79. The molecule has 1 N–H and O–H groups in total. The summed E-state index contributed by atoms with van der Waals surface area (Å²) in [6.45, 7) is 5.88. The summed E-state index contributed by atoms with van der Waals surface area (Å²) in [5, 5.41) is 9.94. The summed E-state index contributed by atoms with van der Waals surface area (Å²) in [7, 11) is 0. The van der Waals surface area contributed by atoms with E-state index in [1.54, 1.807) is 6.07 Å². The van der Waals surface area contributed by atoms with Gasteiger partial charge in [-0.3, -0.25) is 0 Å². The Kier molecular flexibility index (Phi) is 3.67. The van der Waals surface area contributed by atoms with Gasteiger partial charge in [-0.05, 0) is 44.5 Å². The third-order valence-electron chi connectivity index (χ3n) is 3.20. The van der Waals surface area contributed by atoms with Crippen LogP contribution in [0.2, 0.25) is 5.02 Å². The molecule has 1 heterocycles. The van der Waals surface area contributed by atoms with Gasteiger partial charge in [-0.25, -0.2) is 4.79 Å². The van der Waals surface area contributed by atoms with Gasteiger partial charge in [0.1, 0.15) is 5.69 Å². The minimum Gasteiger partial charge on any atom is -0.477 e. The van der Waals surface area contributed by atoms with Gasteiger partial charge >= 0.3 is 5.97 Å². The third kappa shape index (κ3) is 2.38. The number of nitrogens with zero attached hydrogens (tertiary/aromatic N) is 1. The fourth-order valence-corrected chi connectivity index (χ4v) is 2.46. The maximum atomic E-state index is 11.3. The summed E-state index contributed by atoms with van der Waals surface area (Å²) in [6, 6.07) is 9.21. The Morgan fingerprint density at radius 2 is 1.95 bits per heavy atom. The number of hydrogen-bond donors (Lipinski definition) is 1. The Morgan fingerprint density at radius 3 is 2.53 bits per heavy atom. The van der Waals surface area contributed by atoms with Gasteiger partial charge in [0, 0.05) is 22.3 Å². The number of hydrogen-bond acceptors (Lipinski definition) is 1. The lowest BCUT2D eigenvalue weighted by atomic mass is 10.1. The second kappa shape index (κ2) is 5.10. The van der Waals surface area contributed by atoms with E-state index in [0.29, 0.717) is 10.7 Å². The van der Waals surface area contributed by atoms with E-state index in [-0.39, 0.29) is 6.04 Å². The first-order valence-electron chi connectivity index (χ1n) is 6.13. The van der Waals surface area contributed by atoms with Crippen LogP contribution in [0.25, 0.3) is 11.3 Å². The number of aromatic nitrogens is 1. The fourth-order valence-electron chi connectivity index (χ4n) is 2.28. The van der Waals surface area contributed by atoms with Crippen molar-refractivity contribution in [2.75, 3.05) is 0 Å². The molecule has 19 heavy (non-hydrogen) atoms. The first kappa shape index (κ1) is 13.7. The normalized spacial score (nSPS) is 11.0. The number of carboxylic acid groups (broad SMARTS) is 1. The van der Waals surface area contributed by atoms with Gasteiger partial charge in [0.05, 0.1) is 0 Å². The summed E-state index contributed by atoms with van der Waals surface area (Å²) >= 11 is 6.14. The molecule has 0 bridgehead atoms. The van der Waals surface area contributed by atoms with Gasteiger partial charge in [0.2, 0.25) is 0 Å². The van der Waals surface area contributed by atoms with E-state index in [9.17, 15) is 9.90 Å². The predicted octanol–water partition coefficient (Wildman–Crippen LogP) is 4.40. The third-order valence-corrected chi connectivity index (χ3v) is 3.61. The number of carbonyl (C=O) groups is 1. The molecule has 0 aliphatic carbocycles. The largest absolute Gasteiger partial charge is 0.477 e. The SMILES string of the molecule is Cc1c(Cl)cccc1-c1ccc(C(=O)O)n1C(C)C. The van der Waals surface area contributed by atoms with Crippen molar-refractivity contribution in [3.05, 3.63) is 46.6 Å². The number of benzene rings is 1. The van der Waals surface area contributed by atoms with Crippen molar-refractivity contribution in [2.24, 2.45) is 0 Å². The van der Waals surface area contributed by atoms with E-state index in [0.717, 1.165) is 16.8 Å². The smallest absolute Gasteiger partial charge is 0.352 e. The van der Waals surface area contributed by atoms with Crippen molar-refractivity contribution in [1.29, 1.82) is 0 Å². The minimum atomic E-state index is -0.917. The van der Waals surface area contributed by atoms with Gasteiger partial charge in [0.15, 0.2) is 0 Å². The minimum absolute atomic E-state index is 0.0643. The summed E-state index contributed by atoms with van der Waals surface area (Å²) in [5.41, 5.74) is 3.10. The zero-order chi connectivity index (χ0) is 14.2. The molecule has 0 unspecified atom stereocenters. The van der Waals surface area contributed by atoms with Crippen LogP contribution in [0, 0.1) is 6.92 Å². The average Bonchev–Trinajstić information content (AvgIpc) is 2.77. The molecule has 0 saturated heterocycles. The Labute approximate surface area is 117 Å². The molecule has 3 nitrogen and oxygen atoms in total. The molecule has 0 spiro atoms. The van der Waals surface area contributed by atoms with Gasteiger partial charge in [-0.1, -0.05) is 23.7 Å². The molecular formula is C15H16ClNO2. The molecule has 0 aliphatic rings. The predicted molar refractivity (Wildman–Crippen MR) is 77.0 cm³/mol. The van der Waals surface area contributed by atoms with Crippen LogP contribution in [0.15, 0.2) is 30.3 Å². The van der Waals surface area contributed by atoms with Crippen molar-refractivity contribution in [1.82, 2.24) is 4.57 Å². The molecule has 0 atom stereocenters. The zero-order valence-corrected chi connectivity index (χ0v) is 11.9. The van der Waals surface area contributed by atoms with Crippen LogP contribution in [0.1, 0.15) is 35.9 Å². The lowest BCUT2D eigenvalue weighted by molar-refractivity contribution is 0.0683. The number of aromatic carboxylic acids is 1. The van der Waals surface area contributed by atoms with Crippen molar-refractivity contribution in [3.63, 3.8) is 0 Å². The molecule has 0 fully saturated rings. The maximum Gasteiger partial charge on any atom is 0.352 e. The van der Waals surface area contributed by atoms with Crippen LogP contribution in [0.4, 0.5) is 0 Å². The second-order valence-corrected chi connectivity index (χ2v) is 5.19. The summed E-state index contributed by atoms with van der Waals surface area (Å²) < 4.78 is 1.82. The van der Waals surface area contributed by atoms with Crippen LogP contribution >= 0.6 is 11.6 Å². The van der Waals surface area contributed by atoms with Crippen molar-refractivity contribution >= 4 is 17.6 Å². The average molecular weight is 278 g/mol. The first-order valence-corrected chi connectivity index (χ1v) is 6.51. The van der Waals surface area contributed by atoms with E-state index >= 15 is 0 Å². The Morgan fingerprint density at radius 1 is 1.26 bits per heavy atom. The number of rotatable bonds is 3. The standard InChI is InChI=1S/C15H16ClNO2/c1-9(2)17-13(7-8-14(17)15(18)19)11-5-4-6-12(16)10(11)3/h4-9H,1-3H3,(H,18,19). The Balaban J connectivity index is 2.69. The highest BCUT2D eigenvalue weighted by molar-refractivity contribution is 6.31. The molecule has 0 saturated carbocycles. The summed E-state index contributed by atoms with van der Waals surface area (Å²) in [5.74, 6) is -0.917. The van der Waals surface area contributed by atoms with Crippen LogP contribution in [0.5, 0.6) is 0 Å². The highest BCUT2D eigenvalue weighted by atomic mass is 35.5. The van der Waals surface area contributed by atoms with Gasteiger partial charge in [-0.15, -0.1) is 0 Å². The summed E-state index contributed by atoms with van der Waals surface area (Å²) in [6.07, 6.45) is 0. The molecule has 1 aromatic carbocycles. The monoisotopic (exact) mass is 277 g/mol. The van der Waals surface area contributed by atoms with E-state index in [4.69, 9.17) is 11.6 Å². The fraction of sp³-hybridized carbons (Fsp3) is 0.267. The number of halogens is 1. The Hall–Kier alpha value is -1.74. The lowest BCUT2D eigenvalue weighted by Gasteiger charge is -2.17. The van der Waals surface area contributed by atoms with E-state index < -0.39 is 5.97 Å². The molecule has 1 aromatic heterocycles. The van der Waals surface area contributed by atoms with Crippen LogP contribution < -0.4 is 0 Å². The molecular weight excluding hydrogens is 262 g/mol. The first-order chi connectivity index (χ1) is 8.93. The summed E-state index contributed by atoms with van der Waals surface area (Å²) in [4.78, 5) is 11.3. The molecule has 2 rings (SSSR count). The van der Waals surface area contributed by atoms with Gasteiger partial charge < -0.3 is 9.67 Å². The highest BCUT2D eigenvalue weighted by Crippen LogP contribution is 2.31. The van der Waals surface area contributed by atoms with E-state index in [1.807, 2.05) is 49.6 Å². The molecule has 2 aromatic rings. The molecule has 4 heteroatoms. The van der Waals surface area contributed by atoms with E-state index in [2.05, 4.69) is 0 Å². The van der Waals surface area contributed by atoms with Crippen molar-refractivity contribution in [2.45, 2.75) is 26.8 Å². The highest BCUT2D eigenvalue weighted by Gasteiger charge is 2.18. The molecule has 100 valence electrons.